The average Bonchev–Trinajstić information content (AvgIpc) is 3.61. The summed E-state index contributed by atoms with van der Waals surface area (Å²) in [6.07, 6.45) is -3.26. The fraction of sp³-hybridized carbons (Fsp3) is 0.231. The molecule has 3 aromatic heterocycles. The number of nitrogens with zero attached hydrogens (tertiary/aromatic N) is 6. The first kappa shape index (κ1) is 15.3. The number of carbonyl (C=O) groups excluding carboxylic acids is 2. The second kappa shape index (κ2) is 9.46. The zero-order chi connectivity index (χ0) is 32.4. The number of likely N-dealkylation sites (tertiary alicyclic amines) is 1. The number of amides is 1. The third-order valence-electron chi connectivity index (χ3n) is 5.32. The fourth-order valence-corrected chi connectivity index (χ4v) is 3.64. The molecule has 36 heavy (non-hydrogen) atoms. The number of aryl methyl sites for hydroxylation is 1. The van der Waals surface area contributed by atoms with Crippen molar-refractivity contribution in [2.24, 2.45) is 0 Å². The zero-order valence-electron chi connectivity index (χ0n) is 27.0. The zero-order valence-corrected chi connectivity index (χ0v) is 19.0. The van der Waals surface area contributed by atoms with E-state index in [1.54, 1.807) is 13.0 Å². The summed E-state index contributed by atoms with van der Waals surface area (Å²) in [6.45, 7) is 1.99. The minimum Gasteiger partial charge on any atom is -0.494 e. The highest BCUT2D eigenvalue weighted by Gasteiger charge is 2.30. The van der Waals surface area contributed by atoms with Crippen LogP contribution in [-0.2, 0) is 4.79 Å². The number of ether oxygens (including phenoxy) is 1. The first-order valence-electron chi connectivity index (χ1n) is 14.5. The van der Waals surface area contributed by atoms with Crippen LogP contribution in [0.4, 0.5) is 0 Å². The van der Waals surface area contributed by atoms with E-state index < -0.39 is 54.3 Å². The molecule has 0 atom stereocenters. The molecule has 10 heteroatoms. The Bertz CT molecular complexity index is 1860. The van der Waals surface area contributed by atoms with Crippen molar-refractivity contribution in [1.29, 1.82) is 0 Å². The van der Waals surface area contributed by atoms with E-state index in [4.69, 9.17) is 22.3 Å². The molecule has 1 aliphatic heterocycles. The van der Waals surface area contributed by atoms with Crippen molar-refractivity contribution in [2.75, 3.05) is 20.1 Å². The molecular formula is C26H23N7O3. The number of aromatic nitrogens is 5. The Balaban J connectivity index is 1.68. The number of aromatic amines is 1. The number of H-pyrrole nitrogens is 1. The van der Waals surface area contributed by atoms with Crippen LogP contribution in [0.15, 0.2) is 54.6 Å². The highest BCUT2D eigenvalue weighted by atomic mass is 16.5. The topological polar surface area (TPSA) is 110 Å². The van der Waals surface area contributed by atoms with Gasteiger partial charge in [0.1, 0.15) is 17.9 Å². The van der Waals surface area contributed by atoms with Gasteiger partial charge < -0.3 is 14.6 Å². The molecule has 1 aliphatic rings. The van der Waals surface area contributed by atoms with Crippen LogP contribution < -0.4 is 4.74 Å². The number of hydrogen-bond donors (Lipinski definition) is 1. The fourth-order valence-electron chi connectivity index (χ4n) is 3.64. The van der Waals surface area contributed by atoms with Crippen molar-refractivity contribution < 1.29 is 25.3 Å². The van der Waals surface area contributed by atoms with Crippen molar-refractivity contribution in [2.45, 2.75) is 19.7 Å². The predicted molar refractivity (Wildman–Crippen MR) is 132 cm³/mol. The molecule has 10 nitrogen and oxygen atoms in total. The van der Waals surface area contributed by atoms with Crippen molar-refractivity contribution in [3.05, 3.63) is 83.0 Å². The maximum Gasteiger partial charge on any atom is 0.295 e. The molecule has 0 radical (unpaired) electrons. The number of piperidine rings is 1. The first-order valence-corrected chi connectivity index (χ1v) is 10.5. The van der Waals surface area contributed by atoms with Gasteiger partial charge in [-0.1, -0.05) is 35.9 Å². The van der Waals surface area contributed by atoms with Gasteiger partial charge in [-0.05, 0) is 25.2 Å². The molecule has 0 bridgehead atoms. The number of carbonyl (C=O) groups is 2. The molecule has 0 spiro atoms. The van der Waals surface area contributed by atoms with Crippen LogP contribution in [0.5, 0.6) is 5.75 Å². The maximum absolute atomic E-state index is 13.8. The molecule has 0 aliphatic carbocycles. The van der Waals surface area contributed by atoms with Gasteiger partial charge in [0, 0.05) is 30.2 Å². The quantitative estimate of drug-likeness (QED) is 0.261. The van der Waals surface area contributed by atoms with Gasteiger partial charge in [0.15, 0.2) is 11.5 Å². The molecule has 180 valence electrons. The number of ketones is 1. The van der Waals surface area contributed by atoms with E-state index in [2.05, 4.69) is 24.9 Å². The van der Waals surface area contributed by atoms with Gasteiger partial charge >= 0.3 is 0 Å². The number of hydrogen-bond acceptors (Lipinski definition) is 6. The summed E-state index contributed by atoms with van der Waals surface area (Å²) in [5.74, 6) is -2.76. The lowest BCUT2D eigenvalue weighted by Gasteiger charge is -2.28. The van der Waals surface area contributed by atoms with Gasteiger partial charge in [0.05, 0.1) is 36.3 Å². The van der Waals surface area contributed by atoms with E-state index >= 15 is 0 Å². The summed E-state index contributed by atoms with van der Waals surface area (Å²) >= 11 is 0. The predicted octanol–water partition coefficient (Wildman–Crippen LogP) is 3.60. The Hall–Kier alpha value is -4.78. The smallest absolute Gasteiger partial charge is 0.295 e. The number of pyridine rings is 1. The van der Waals surface area contributed by atoms with Crippen LogP contribution in [0.25, 0.3) is 27.3 Å². The molecule has 1 amide bonds. The molecular weight excluding hydrogens is 458 g/mol. The van der Waals surface area contributed by atoms with Crippen LogP contribution in [0.3, 0.4) is 0 Å². The summed E-state index contributed by atoms with van der Waals surface area (Å²) in [5, 5.41) is 4.19. The summed E-state index contributed by atoms with van der Waals surface area (Å²) in [6, 6.07) is 7.32. The van der Waals surface area contributed by atoms with Gasteiger partial charge in [-0.3, -0.25) is 9.59 Å². The third kappa shape index (κ3) is 4.01. The Kier molecular flexibility index (Phi) is 4.01. The van der Waals surface area contributed by atoms with Crippen LogP contribution >= 0.6 is 0 Å². The highest BCUT2D eigenvalue weighted by molar-refractivity contribution is 6.45. The Labute approximate surface area is 218 Å². The molecule has 1 N–H and O–H groups in total. The van der Waals surface area contributed by atoms with E-state index in [9.17, 15) is 9.59 Å². The van der Waals surface area contributed by atoms with E-state index in [-0.39, 0.29) is 32.9 Å². The molecule has 1 aromatic carbocycles. The Morgan fingerprint density at radius 1 is 1.19 bits per heavy atom. The van der Waals surface area contributed by atoms with Crippen molar-refractivity contribution >= 4 is 28.3 Å². The van der Waals surface area contributed by atoms with Gasteiger partial charge in [-0.2, -0.15) is 5.10 Å². The normalized spacial score (nSPS) is 22.4. The summed E-state index contributed by atoms with van der Waals surface area (Å²) in [5.41, 5.74) is -2.01. The summed E-state index contributed by atoms with van der Waals surface area (Å²) < 4.78 is 76.0. The van der Waals surface area contributed by atoms with Crippen LogP contribution in [-0.4, -0.2) is 61.4 Å². The Morgan fingerprint density at radius 2 is 1.94 bits per heavy atom. The number of rotatable bonds is 5. The molecule has 4 heterocycles. The lowest BCUT2D eigenvalue weighted by atomic mass is 9.97. The number of nitrogens with one attached hydrogen (secondary N) is 1. The first-order chi connectivity index (χ1) is 20.5. The lowest BCUT2D eigenvalue weighted by Crippen LogP contribution is -2.40. The van der Waals surface area contributed by atoms with Crippen molar-refractivity contribution in [3.8, 4) is 11.6 Å². The van der Waals surface area contributed by atoms with Crippen LogP contribution in [0.1, 0.15) is 45.5 Å². The van der Waals surface area contributed by atoms with Crippen LogP contribution in [0, 0.1) is 13.5 Å². The molecule has 0 unspecified atom stereocenters. The van der Waals surface area contributed by atoms with Crippen LogP contribution in [0.2, 0.25) is 0 Å². The summed E-state index contributed by atoms with van der Waals surface area (Å²) in [4.78, 5) is 41.6. The highest BCUT2D eigenvalue weighted by Crippen LogP contribution is 2.33. The second-order valence-electron chi connectivity index (χ2n) is 7.48. The largest absolute Gasteiger partial charge is 0.494 e. The standard InChI is InChI=1S/C26H23N7O3/c1-16-30-15-33(31-16)25-23-21(20(36-3)14-29-25)19(13-28-23)24(34)26(35)32-11-9-18(10-12-32)22(27-2)17-7-5-4-6-8-17/h4-8,13-15,28H,9-12H2,1,3H3/i9D2,10D2,11D2,12D2. The van der Waals surface area contributed by atoms with E-state index in [1.807, 2.05) is 0 Å². The van der Waals surface area contributed by atoms with Gasteiger partial charge in [-0.25, -0.2) is 19.5 Å². The molecule has 1 saturated heterocycles. The number of methoxy groups -OCH3 is 1. The average molecular weight is 490 g/mol. The third-order valence-corrected chi connectivity index (χ3v) is 5.32. The number of Topliss-reactive ketones (excluding diaryl/α,β-unsaturated/α-hetero) is 1. The minimum atomic E-state index is -3.66. The molecule has 0 saturated carbocycles. The maximum atomic E-state index is 13.8. The summed E-state index contributed by atoms with van der Waals surface area (Å²) in [7, 11) is 1.28. The second-order valence-corrected chi connectivity index (χ2v) is 7.48. The van der Waals surface area contributed by atoms with Gasteiger partial charge in [0.2, 0.25) is 0 Å². The van der Waals surface area contributed by atoms with E-state index in [1.165, 1.54) is 48.6 Å². The minimum absolute atomic E-state index is 0.00751. The van der Waals surface area contributed by atoms with Gasteiger partial charge in [-0.15, -0.1) is 0 Å². The molecule has 5 rings (SSSR count). The molecule has 1 fully saturated rings. The SMILES string of the molecule is [2H]C1([2H])C(=C([N+]#[C-])c2ccccc2)C([2H])([2H])C([2H])([2H])N(C(=O)C(=O)c2c[nH]c3c(-n4cnc(C)n4)ncc(OC)c23)C1([2H])[2H]. The Morgan fingerprint density at radius 3 is 2.58 bits per heavy atom. The molecule has 4 aromatic rings. The monoisotopic (exact) mass is 489 g/mol. The van der Waals surface area contributed by atoms with Gasteiger partial charge in [0.25, 0.3) is 11.7 Å². The van der Waals surface area contributed by atoms with E-state index in [0.29, 0.717) is 5.82 Å². The number of benzene rings is 1. The van der Waals surface area contributed by atoms with E-state index in [0.717, 1.165) is 6.20 Å². The lowest BCUT2D eigenvalue weighted by molar-refractivity contribution is -0.126. The van der Waals surface area contributed by atoms with Crippen molar-refractivity contribution in [1.82, 2.24) is 29.6 Å². The number of fused-ring (bicyclic) bond motifs is 1. The van der Waals surface area contributed by atoms with Crippen molar-refractivity contribution in [3.63, 3.8) is 0 Å².